The maximum absolute atomic E-state index is 11.8. The molecule has 22 heavy (non-hydrogen) atoms. The number of benzene rings is 1. The number of amides is 1. The maximum Gasteiger partial charge on any atom is 0.235 e. The SMILES string of the molecule is CC(C)c1nc(CN2Cc3ccccc3C[C@@H]2C(N)=O)co1. The number of oxazole rings is 1. The fourth-order valence-electron chi connectivity index (χ4n) is 2.89. The number of fused-ring (bicyclic) bond motifs is 1. The second-order valence-corrected chi connectivity index (χ2v) is 6.13. The molecule has 2 heterocycles. The van der Waals surface area contributed by atoms with E-state index >= 15 is 0 Å². The Morgan fingerprint density at radius 3 is 2.77 bits per heavy atom. The number of carbonyl (C=O) groups excluding carboxylic acids is 1. The Morgan fingerprint density at radius 2 is 2.14 bits per heavy atom. The van der Waals surface area contributed by atoms with Crippen molar-refractivity contribution < 1.29 is 9.21 Å². The van der Waals surface area contributed by atoms with Crippen molar-refractivity contribution in [2.24, 2.45) is 5.73 Å². The summed E-state index contributed by atoms with van der Waals surface area (Å²) in [5.74, 6) is 0.688. The molecule has 0 unspecified atom stereocenters. The van der Waals surface area contributed by atoms with E-state index in [0.29, 0.717) is 19.5 Å². The molecule has 0 radical (unpaired) electrons. The van der Waals surface area contributed by atoms with Gasteiger partial charge in [0.1, 0.15) is 6.26 Å². The fourth-order valence-corrected chi connectivity index (χ4v) is 2.89. The lowest BCUT2D eigenvalue weighted by atomic mass is 9.93. The number of aromatic nitrogens is 1. The van der Waals surface area contributed by atoms with Gasteiger partial charge in [-0.3, -0.25) is 9.69 Å². The summed E-state index contributed by atoms with van der Waals surface area (Å²) in [5.41, 5.74) is 8.88. The Bertz CT molecular complexity index is 678. The molecular weight excluding hydrogens is 278 g/mol. The van der Waals surface area contributed by atoms with Gasteiger partial charge in [0.25, 0.3) is 0 Å². The molecule has 116 valence electrons. The molecule has 1 aliphatic rings. The molecule has 0 aliphatic carbocycles. The van der Waals surface area contributed by atoms with Gasteiger partial charge >= 0.3 is 0 Å². The molecule has 1 aromatic heterocycles. The largest absolute Gasteiger partial charge is 0.448 e. The van der Waals surface area contributed by atoms with Crippen LogP contribution < -0.4 is 5.73 Å². The van der Waals surface area contributed by atoms with Gasteiger partial charge in [0.15, 0.2) is 5.89 Å². The van der Waals surface area contributed by atoms with Crippen LogP contribution in [0.4, 0.5) is 0 Å². The van der Waals surface area contributed by atoms with Gasteiger partial charge in [0.2, 0.25) is 5.91 Å². The maximum atomic E-state index is 11.8. The molecule has 5 heteroatoms. The number of primary amides is 1. The first-order valence-electron chi connectivity index (χ1n) is 7.59. The van der Waals surface area contributed by atoms with Crippen LogP contribution in [0.25, 0.3) is 0 Å². The van der Waals surface area contributed by atoms with E-state index in [1.165, 1.54) is 11.1 Å². The van der Waals surface area contributed by atoms with Gasteiger partial charge in [-0.05, 0) is 17.5 Å². The average Bonchev–Trinajstić information content (AvgIpc) is 2.95. The van der Waals surface area contributed by atoms with Gasteiger partial charge in [-0.1, -0.05) is 38.1 Å². The normalized spacial score (nSPS) is 18.4. The molecule has 2 aromatic rings. The van der Waals surface area contributed by atoms with E-state index < -0.39 is 0 Å². The lowest BCUT2D eigenvalue weighted by molar-refractivity contribution is -0.124. The second kappa shape index (κ2) is 5.93. The minimum absolute atomic E-state index is 0.253. The van der Waals surface area contributed by atoms with Crippen LogP contribution in [0.3, 0.4) is 0 Å². The Labute approximate surface area is 130 Å². The molecule has 0 saturated carbocycles. The molecule has 0 saturated heterocycles. The Balaban J connectivity index is 1.82. The molecule has 1 atom stereocenters. The summed E-state index contributed by atoms with van der Waals surface area (Å²) in [4.78, 5) is 18.4. The predicted molar refractivity (Wildman–Crippen MR) is 83.0 cm³/mol. The molecule has 2 N–H and O–H groups in total. The Hall–Kier alpha value is -2.14. The van der Waals surface area contributed by atoms with Crippen molar-refractivity contribution in [2.45, 2.75) is 45.3 Å². The van der Waals surface area contributed by atoms with Crippen LogP contribution in [-0.2, 0) is 24.3 Å². The molecule has 5 nitrogen and oxygen atoms in total. The smallest absolute Gasteiger partial charge is 0.235 e. The van der Waals surface area contributed by atoms with E-state index in [9.17, 15) is 4.79 Å². The second-order valence-electron chi connectivity index (χ2n) is 6.13. The topological polar surface area (TPSA) is 72.4 Å². The van der Waals surface area contributed by atoms with E-state index in [4.69, 9.17) is 10.2 Å². The zero-order valence-corrected chi connectivity index (χ0v) is 13.0. The van der Waals surface area contributed by atoms with Crippen molar-refractivity contribution in [3.05, 3.63) is 53.2 Å². The van der Waals surface area contributed by atoms with Gasteiger partial charge in [-0.15, -0.1) is 0 Å². The summed E-state index contributed by atoms with van der Waals surface area (Å²) < 4.78 is 5.48. The van der Waals surface area contributed by atoms with Crippen LogP contribution in [0.2, 0.25) is 0 Å². The molecule has 1 amide bonds. The molecule has 0 fully saturated rings. The zero-order valence-electron chi connectivity index (χ0n) is 13.0. The highest BCUT2D eigenvalue weighted by Gasteiger charge is 2.30. The lowest BCUT2D eigenvalue weighted by Gasteiger charge is -2.34. The quantitative estimate of drug-likeness (QED) is 0.939. The highest BCUT2D eigenvalue weighted by atomic mass is 16.3. The van der Waals surface area contributed by atoms with Gasteiger partial charge in [-0.2, -0.15) is 0 Å². The molecule has 3 rings (SSSR count). The van der Waals surface area contributed by atoms with Crippen molar-refractivity contribution in [3.63, 3.8) is 0 Å². The van der Waals surface area contributed by atoms with Crippen LogP contribution in [0, 0.1) is 0 Å². The highest BCUT2D eigenvalue weighted by molar-refractivity contribution is 5.80. The molecular formula is C17H21N3O2. The minimum Gasteiger partial charge on any atom is -0.448 e. The number of nitrogens with two attached hydrogens (primary N) is 1. The number of nitrogens with zero attached hydrogens (tertiary/aromatic N) is 2. The molecule has 0 bridgehead atoms. The Morgan fingerprint density at radius 1 is 1.41 bits per heavy atom. The van der Waals surface area contributed by atoms with Gasteiger partial charge in [-0.25, -0.2) is 4.98 Å². The third-order valence-electron chi connectivity index (χ3n) is 4.10. The number of carbonyl (C=O) groups is 1. The van der Waals surface area contributed by atoms with E-state index in [2.05, 4.69) is 22.0 Å². The van der Waals surface area contributed by atoms with Crippen molar-refractivity contribution in [1.82, 2.24) is 9.88 Å². The first-order valence-corrected chi connectivity index (χ1v) is 7.59. The summed E-state index contributed by atoms with van der Waals surface area (Å²) in [6, 6.07) is 7.89. The van der Waals surface area contributed by atoms with Crippen LogP contribution in [0.1, 0.15) is 42.5 Å². The molecule has 1 aliphatic heterocycles. The average molecular weight is 299 g/mol. The summed E-state index contributed by atoms with van der Waals surface area (Å²) in [6.45, 7) is 5.35. The van der Waals surface area contributed by atoms with E-state index in [1.807, 2.05) is 26.0 Å². The highest BCUT2D eigenvalue weighted by Crippen LogP contribution is 2.25. The monoisotopic (exact) mass is 299 g/mol. The van der Waals surface area contributed by atoms with Crippen molar-refractivity contribution >= 4 is 5.91 Å². The third-order valence-corrected chi connectivity index (χ3v) is 4.10. The van der Waals surface area contributed by atoms with E-state index in [0.717, 1.165) is 11.6 Å². The number of hydrogen-bond acceptors (Lipinski definition) is 4. The van der Waals surface area contributed by atoms with Crippen molar-refractivity contribution in [1.29, 1.82) is 0 Å². The first-order chi connectivity index (χ1) is 10.5. The summed E-state index contributed by atoms with van der Waals surface area (Å²) in [7, 11) is 0. The van der Waals surface area contributed by atoms with Gasteiger partial charge in [0, 0.05) is 19.0 Å². The standard InChI is InChI=1S/C17H21N3O2/c1-11(2)17-19-14(10-22-17)9-20-8-13-6-4-3-5-12(13)7-15(20)16(18)21/h3-6,10-11,15H,7-9H2,1-2H3,(H2,18,21)/t15-/m1/s1. The minimum atomic E-state index is -0.297. The fraction of sp³-hybridized carbons (Fsp3) is 0.412. The van der Waals surface area contributed by atoms with Crippen LogP contribution in [0.5, 0.6) is 0 Å². The van der Waals surface area contributed by atoms with E-state index in [1.54, 1.807) is 6.26 Å². The van der Waals surface area contributed by atoms with E-state index in [-0.39, 0.29) is 17.9 Å². The molecule has 0 spiro atoms. The van der Waals surface area contributed by atoms with Crippen molar-refractivity contribution in [2.75, 3.05) is 0 Å². The number of hydrogen-bond donors (Lipinski definition) is 1. The summed E-state index contributed by atoms with van der Waals surface area (Å²) in [6.07, 6.45) is 2.33. The van der Waals surface area contributed by atoms with Crippen LogP contribution in [0.15, 0.2) is 34.9 Å². The Kier molecular flexibility index (Phi) is 3.98. The van der Waals surface area contributed by atoms with Gasteiger partial charge in [0.05, 0.1) is 11.7 Å². The van der Waals surface area contributed by atoms with Crippen molar-refractivity contribution in [3.8, 4) is 0 Å². The summed E-state index contributed by atoms with van der Waals surface area (Å²) >= 11 is 0. The van der Waals surface area contributed by atoms with Crippen LogP contribution in [-0.4, -0.2) is 21.8 Å². The van der Waals surface area contributed by atoms with Gasteiger partial charge < -0.3 is 10.2 Å². The third kappa shape index (κ3) is 2.90. The lowest BCUT2D eigenvalue weighted by Crippen LogP contribution is -2.48. The van der Waals surface area contributed by atoms with Crippen LogP contribution >= 0.6 is 0 Å². The zero-order chi connectivity index (χ0) is 15.7. The number of rotatable bonds is 4. The summed E-state index contributed by atoms with van der Waals surface area (Å²) in [5, 5.41) is 0. The predicted octanol–water partition coefficient (Wildman–Crippen LogP) is 2.21. The molecule has 1 aromatic carbocycles. The first kappa shape index (κ1) is 14.8.